The molecule has 2 aromatic heterocycles. The van der Waals surface area contributed by atoms with Gasteiger partial charge in [-0.15, -0.1) is 0 Å². The molecule has 0 unspecified atom stereocenters. The smallest absolute Gasteiger partial charge is 0.169 e. The molecule has 7 heterocycles. The van der Waals surface area contributed by atoms with E-state index in [-0.39, 0.29) is 86.4 Å². The molecule has 12 nitrogen and oxygen atoms in total. The van der Waals surface area contributed by atoms with Crippen molar-refractivity contribution in [3.05, 3.63) is 190 Å². The maximum Gasteiger partial charge on any atom is 0.169 e. The highest BCUT2D eigenvalue weighted by Gasteiger charge is 2.80. The number of aliphatic hydroxyl groups excluding tert-OH is 1. The van der Waals surface area contributed by atoms with E-state index in [2.05, 4.69) is 133 Å². The SMILES string of the molecule is Oc1ccc(/C=C/c2c(CCc3ccc([C@H]4C[C@]56C[C@@H]7N[C@H](C5)[C@H](c5ccccc5)C=C7CNC[C@@H](c5c[nH]c(CC7CCCC7)c5)CSSC[C@@H]5CC[C@H]7C[C@H]6[C@@H](N4)[C@]4(c6cnc[nH]6)[C@H]6[C@@H](O)C=C[C@H]8CCC[C@]86CC[C@]574)cc3)c(O)c(O)c3c(O)cccc23)cc1O. The topological polar surface area (TPSA) is 202 Å². The second kappa shape index (κ2) is 24.3. The summed E-state index contributed by atoms with van der Waals surface area (Å²) in [6.07, 6.45) is 37.2. The van der Waals surface area contributed by atoms with Crippen LogP contribution in [0.2, 0.25) is 0 Å². The standard InChI is InChI=1S/C80H92N6O6S2/c87-67-27-19-49(33-70(67)90)18-25-59-60-13-6-14-68(88)72(60)74(92)73(91)61(59)26-17-47-15-20-51(21-16-47)64-37-77-38-65-53(35-62(66(39-77)85-65)50-10-2-1-3-11-50)40-81-41-54(52-34-58(83-42-52)32-48-8-4-5-9-48)44-93-94-45-57-23-22-56-36-63(77)76(86-64)80(71-43-82-46-84-71)75-69(89)28-24-55-12-7-29-78(55,75)30-31-79(56,57)80/h1-3,6,10-11,13-16,18-21,24-25,27-28,33-35,42-43,46,48,54-57,62-66,69,75-76,81,83,85-92H,4-5,7-9,12,17,22-23,26,29-32,36-41,44-45H2,(H,82,84)/b25-18+/t54-,55-,56+,57+,62+,63+,64-,65+,66-,69+,75+,76-,77+,78+,79-,80+/m1/s1. The van der Waals surface area contributed by atoms with Gasteiger partial charge in [-0.2, -0.15) is 0 Å². The van der Waals surface area contributed by atoms with Crippen molar-refractivity contribution in [1.29, 1.82) is 0 Å². The first-order chi connectivity index (χ1) is 45.9. The monoisotopic (exact) mass is 1300 g/mol. The van der Waals surface area contributed by atoms with Crippen LogP contribution in [0.1, 0.15) is 165 Å². The van der Waals surface area contributed by atoms with Crippen LogP contribution >= 0.6 is 21.6 Å². The third-order valence-corrected chi connectivity index (χ3v) is 29.3. The number of aromatic nitrogens is 3. The van der Waals surface area contributed by atoms with Gasteiger partial charge in [0.1, 0.15) is 5.75 Å². The zero-order chi connectivity index (χ0) is 63.5. The Balaban J connectivity index is 0.785. The Morgan fingerprint density at radius 3 is 2.36 bits per heavy atom. The summed E-state index contributed by atoms with van der Waals surface area (Å²) in [5.41, 5.74) is 10.5. The number of phenolic OH excluding ortho intramolecular Hbond substituents is 5. The number of piperidine rings is 2. The van der Waals surface area contributed by atoms with Crippen LogP contribution in [0.5, 0.6) is 28.7 Å². The molecule has 0 radical (unpaired) electrons. The number of H-pyrrole nitrogens is 2. The van der Waals surface area contributed by atoms with Crippen molar-refractivity contribution in [3.8, 4) is 28.7 Å². The number of fused-ring (bicyclic) bond motifs is 9. The molecule has 7 aromatic rings. The molecule has 5 aliphatic heterocycles. The van der Waals surface area contributed by atoms with Gasteiger partial charge in [-0.05, 0) is 198 Å². The molecule has 94 heavy (non-hydrogen) atoms. The Kier molecular flexibility index (Phi) is 15.8. The van der Waals surface area contributed by atoms with Crippen molar-refractivity contribution >= 4 is 44.5 Å². The van der Waals surface area contributed by atoms with Crippen molar-refractivity contribution < 1.29 is 30.6 Å². The predicted octanol–water partition coefficient (Wildman–Crippen LogP) is 15.2. The highest BCUT2D eigenvalue weighted by Crippen LogP contribution is 2.80. The minimum Gasteiger partial charge on any atom is -0.507 e. The lowest BCUT2D eigenvalue weighted by atomic mass is 9.30. The van der Waals surface area contributed by atoms with Crippen LogP contribution in [0, 0.1) is 51.8 Å². The summed E-state index contributed by atoms with van der Waals surface area (Å²) < 4.78 is 0. The summed E-state index contributed by atoms with van der Waals surface area (Å²) >= 11 is 0. The van der Waals surface area contributed by atoms with E-state index in [0.29, 0.717) is 64.5 Å². The van der Waals surface area contributed by atoms with Gasteiger partial charge in [0.25, 0.3) is 0 Å². The summed E-state index contributed by atoms with van der Waals surface area (Å²) in [7, 11) is 4.26. The van der Waals surface area contributed by atoms with Gasteiger partial charge in [-0.3, -0.25) is 0 Å². The van der Waals surface area contributed by atoms with E-state index >= 15 is 0 Å². The Hall–Kier alpha value is -6.39. The Morgan fingerprint density at radius 1 is 0.681 bits per heavy atom. The molecule has 3 spiro atoms. The second-order valence-corrected chi connectivity index (χ2v) is 33.3. The summed E-state index contributed by atoms with van der Waals surface area (Å²) in [6, 6.07) is 33.4. The van der Waals surface area contributed by atoms with Crippen molar-refractivity contribution in [2.75, 3.05) is 24.6 Å². The quantitative estimate of drug-likeness (QED) is 0.0254. The number of imidazole rings is 1. The lowest BCUT2D eigenvalue weighted by Crippen LogP contribution is -2.79. The van der Waals surface area contributed by atoms with Crippen LogP contribution in [0.3, 0.4) is 0 Å². The molecular formula is C80H92N6O6S2. The molecule has 5 aromatic carbocycles. The molecular weight excluding hydrogens is 1210 g/mol. The Bertz CT molecular complexity index is 4050. The average Bonchev–Trinajstić information content (AvgIpc) is 1.19. The maximum atomic E-state index is 13.6. The van der Waals surface area contributed by atoms with Crippen LogP contribution in [0.4, 0.5) is 0 Å². The van der Waals surface area contributed by atoms with Gasteiger partial charge in [0.15, 0.2) is 23.0 Å². The molecule has 6 aliphatic carbocycles. The largest absolute Gasteiger partial charge is 0.507 e. The van der Waals surface area contributed by atoms with E-state index in [4.69, 9.17) is 10.3 Å². The van der Waals surface area contributed by atoms with Crippen LogP contribution in [-0.4, -0.2) is 94.4 Å². The summed E-state index contributed by atoms with van der Waals surface area (Å²) in [6.45, 7) is 1.76. The molecule has 5 saturated carbocycles. The van der Waals surface area contributed by atoms with Crippen molar-refractivity contribution in [2.45, 2.75) is 163 Å². The van der Waals surface area contributed by atoms with Crippen LogP contribution in [0.25, 0.3) is 22.9 Å². The van der Waals surface area contributed by atoms with Gasteiger partial charge in [-0.25, -0.2) is 4.98 Å². The van der Waals surface area contributed by atoms with E-state index in [1.165, 1.54) is 122 Å². The number of rotatable bonds is 11. The number of aromatic amines is 2. The first-order valence-corrected chi connectivity index (χ1v) is 38.1. The number of hydrogen-bond acceptors (Lipinski definition) is 12. The first-order valence-electron chi connectivity index (χ1n) is 35.7. The third-order valence-electron chi connectivity index (χ3n) is 26.7. The fraction of sp³-hybridized carbons (Fsp3) is 0.487. The Morgan fingerprint density at radius 2 is 1.52 bits per heavy atom. The van der Waals surface area contributed by atoms with E-state index in [1.54, 1.807) is 18.2 Å². The Labute approximate surface area is 560 Å². The molecule has 11 aliphatic rings. The van der Waals surface area contributed by atoms with E-state index in [0.717, 1.165) is 68.2 Å². The number of nitrogens with one attached hydrogen (secondary N) is 5. The third kappa shape index (κ3) is 9.92. The molecule has 11 N–H and O–H groups in total. The summed E-state index contributed by atoms with van der Waals surface area (Å²) in [5.74, 6) is 4.01. The van der Waals surface area contributed by atoms with Gasteiger partial charge in [0, 0.05) is 101 Å². The number of benzene rings is 5. The second-order valence-electron chi connectivity index (χ2n) is 30.8. The maximum absolute atomic E-state index is 13.6. The first kappa shape index (κ1) is 61.2. The summed E-state index contributed by atoms with van der Waals surface area (Å²) in [5, 5.41) is 82.7. The minimum absolute atomic E-state index is 0.00487. The number of aromatic hydroxyl groups is 5. The van der Waals surface area contributed by atoms with Crippen LogP contribution < -0.4 is 16.0 Å². The van der Waals surface area contributed by atoms with Crippen molar-refractivity contribution in [3.63, 3.8) is 0 Å². The average molecular weight is 1300 g/mol. The lowest BCUT2D eigenvalue weighted by molar-refractivity contribution is -0.228. The zero-order valence-corrected chi connectivity index (χ0v) is 55.5. The molecule has 9 fully saturated rings. The van der Waals surface area contributed by atoms with Gasteiger partial charge < -0.3 is 56.6 Å². The van der Waals surface area contributed by atoms with Gasteiger partial charge in [0.2, 0.25) is 0 Å². The fourth-order valence-electron chi connectivity index (χ4n) is 22.9. The molecule has 490 valence electrons. The van der Waals surface area contributed by atoms with Gasteiger partial charge in [0.05, 0.1) is 17.8 Å². The zero-order valence-electron chi connectivity index (χ0n) is 53.9. The minimum atomic E-state index is -0.591. The van der Waals surface area contributed by atoms with Crippen LogP contribution in [0.15, 0.2) is 140 Å². The highest BCUT2D eigenvalue weighted by molar-refractivity contribution is 8.76. The van der Waals surface area contributed by atoms with Gasteiger partial charge >= 0.3 is 0 Å². The number of aryl methyl sites for hydroxylation is 1. The number of hydrogen-bond donors (Lipinski definition) is 11. The number of nitrogens with zero attached hydrogens (tertiary/aromatic N) is 1. The van der Waals surface area contributed by atoms with Crippen molar-refractivity contribution in [2.24, 2.45) is 51.8 Å². The molecule has 16 atom stereocenters. The van der Waals surface area contributed by atoms with Crippen LogP contribution in [-0.2, 0) is 24.7 Å². The molecule has 14 heteroatoms. The number of phenols is 5. The number of allylic oxidation sites excluding steroid dienone is 1. The van der Waals surface area contributed by atoms with Crippen molar-refractivity contribution in [1.82, 2.24) is 30.9 Å². The summed E-state index contributed by atoms with van der Waals surface area (Å²) in [4.78, 5) is 12.9. The van der Waals surface area contributed by atoms with E-state index in [9.17, 15) is 30.6 Å². The lowest BCUT2D eigenvalue weighted by Gasteiger charge is -2.76. The van der Waals surface area contributed by atoms with Gasteiger partial charge in [-0.1, -0.05) is 157 Å². The predicted molar refractivity (Wildman–Crippen MR) is 377 cm³/mol. The molecule has 8 bridgehead atoms. The molecule has 18 rings (SSSR count). The van der Waals surface area contributed by atoms with E-state index in [1.807, 2.05) is 18.5 Å². The fourth-order valence-corrected chi connectivity index (χ4v) is 25.8. The molecule has 4 saturated heterocycles. The number of aliphatic hydroxyl groups is 1. The normalized spacial score (nSPS) is 35.4. The van der Waals surface area contributed by atoms with E-state index < -0.39 is 11.5 Å². The molecule has 0 amide bonds. The highest BCUT2D eigenvalue weighted by atomic mass is 33.1.